The average molecular weight is 392 g/mol. The van der Waals surface area contributed by atoms with Crippen molar-refractivity contribution in [3.8, 4) is 5.69 Å². The molecule has 0 unspecified atom stereocenters. The highest BCUT2D eigenvalue weighted by Gasteiger charge is 2.39. The van der Waals surface area contributed by atoms with Crippen LogP contribution in [0.3, 0.4) is 0 Å². The predicted molar refractivity (Wildman–Crippen MR) is 101 cm³/mol. The third-order valence-electron chi connectivity index (χ3n) is 4.77. The minimum Gasteiger partial charge on any atom is -0.279 e. The molecule has 4 aromatic rings. The maximum Gasteiger partial charge on any atom is 0.435 e. The van der Waals surface area contributed by atoms with Crippen LogP contribution in [0, 0.1) is 20.8 Å². The van der Waals surface area contributed by atoms with Gasteiger partial charge in [-0.2, -0.15) is 13.2 Å². The molecular weight excluding hydrogens is 375 g/mol. The summed E-state index contributed by atoms with van der Waals surface area (Å²) in [7, 11) is 0. The zero-order chi connectivity index (χ0) is 19.5. The molecule has 0 amide bonds. The van der Waals surface area contributed by atoms with Crippen molar-refractivity contribution >= 4 is 28.4 Å². The van der Waals surface area contributed by atoms with Gasteiger partial charge < -0.3 is 0 Å². The van der Waals surface area contributed by atoms with Crippen LogP contribution >= 0.6 is 11.6 Å². The van der Waals surface area contributed by atoms with Crippen LogP contribution in [0.1, 0.15) is 28.1 Å². The molecule has 0 saturated carbocycles. The Morgan fingerprint density at radius 3 is 2.15 bits per heavy atom. The van der Waals surface area contributed by atoms with E-state index in [0.29, 0.717) is 5.52 Å². The summed E-state index contributed by atoms with van der Waals surface area (Å²) in [6, 6.07) is 11.4. The smallest absolute Gasteiger partial charge is 0.279 e. The molecular formula is C20H17ClF3N3. The Labute approximate surface area is 159 Å². The summed E-state index contributed by atoms with van der Waals surface area (Å²) in [6.07, 6.45) is -4.57. The molecule has 0 saturated heterocycles. The van der Waals surface area contributed by atoms with Crippen molar-refractivity contribution in [1.82, 2.24) is 14.0 Å². The molecule has 0 bridgehead atoms. The number of fused-ring (bicyclic) bond motifs is 3. The molecule has 0 radical (unpaired) electrons. The standard InChI is InChI=1S/C20H17ClF3N3/c1-11-8-12(2)17(13(3)9-11)27-15-7-5-4-6-14(15)26-16(10-21)18(20(22,23)24)25-19(26)27/h4-9H,10H2,1-3H3. The number of nitrogens with zero attached hydrogens (tertiary/aromatic N) is 3. The Hall–Kier alpha value is -2.47. The van der Waals surface area contributed by atoms with Crippen molar-refractivity contribution in [3.63, 3.8) is 0 Å². The van der Waals surface area contributed by atoms with Crippen LogP contribution in [0.4, 0.5) is 13.2 Å². The lowest BCUT2D eigenvalue weighted by molar-refractivity contribution is -0.141. The number of hydrogen-bond acceptors (Lipinski definition) is 1. The van der Waals surface area contributed by atoms with Gasteiger partial charge in [-0.15, -0.1) is 11.6 Å². The van der Waals surface area contributed by atoms with Gasteiger partial charge in [0.15, 0.2) is 5.69 Å². The Bertz CT molecular complexity index is 1160. The van der Waals surface area contributed by atoms with Crippen molar-refractivity contribution in [2.24, 2.45) is 0 Å². The quantitative estimate of drug-likeness (QED) is 0.386. The van der Waals surface area contributed by atoms with E-state index in [1.807, 2.05) is 45.0 Å². The second-order valence-electron chi connectivity index (χ2n) is 6.75. The number of aryl methyl sites for hydroxylation is 3. The zero-order valence-electron chi connectivity index (χ0n) is 15.0. The van der Waals surface area contributed by atoms with Crippen LogP contribution in [0.25, 0.3) is 22.5 Å². The molecule has 7 heteroatoms. The topological polar surface area (TPSA) is 22.2 Å². The van der Waals surface area contributed by atoms with E-state index in [4.69, 9.17) is 11.6 Å². The van der Waals surface area contributed by atoms with Gasteiger partial charge in [-0.3, -0.25) is 8.97 Å². The normalized spacial score (nSPS) is 12.4. The average Bonchev–Trinajstić information content (AvgIpc) is 3.10. The van der Waals surface area contributed by atoms with Crippen LogP contribution in [-0.2, 0) is 12.1 Å². The van der Waals surface area contributed by atoms with E-state index in [2.05, 4.69) is 4.98 Å². The van der Waals surface area contributed by atoms with Gasteiger partial charge in [-0.25, -0.2) is 4.98 Å². The molecule has 2 aromatic carbocycles. The molecule has 0 aliphatic carbocycles. The van der Waals surface area contributed by atoms with E-state index in [1.54, 1.807) is 16.7 Å². The highest BCUT2D eigenvalue weighted by molar-refractivity contribution is 6.17. The SMILES string of the molecule is Cc1cc(C)c(-n2c3ccccc3n3c(CCl)c(C(F)(F)F)nc23)c(C)c1. The number of alkyl halides is 4. The summed E-state index contributed by atoms with van der Waals surface area (Å²) in [5.74, 6) is -0.0650. The van der Waals surface area contributed by atoms with E-state index in [-0.39, 0.29) is 17.4 Å². The van der Waals surface area contributed by atoms with Gasteiger partial charge in [0.2, 0.25) is 5.78 Å². The van der Waals surface area contributed by atoms with Crippen molar-refractivity contribution in [2.75, 3.05) is 0 Å². The van der Waals surface area contributed by atoms with Crippen LogP contribution in [0.5, 0.6) is 0 Å². The van der Waals surface area contributed by atoms with Gasteiger partial charge in [-0.1, -0.05) is 29.8 Å². The van der Waals surface area contributed by atoms with E-state index in [9.17, 15) is 13.2 Å². The first-order valence-corrected chi connectivity index (χ1v) is 8.99. The molecule has 0 fully saturated rings. The van der Waals surface area contributed by atoms with Crippen molar-refractivity contribution in [3.05, 3.63) is 64.5 Å². The summed E-state index contributed by atoms with van der Waals surface area (Å²) >= 11 is 5.93. The lowest BCUT2D eigenvalue weighted by atomic mass is 10.0. The fourth-order valence-electron chi connectivity index (χ4n) is 3.89. The Kier molecular flexibility index (Phi) is 4.00. The molecule has 0 spiro atoms. The number of rotatable bonds is 2. The highest BCUT2D eigenvalue weighted by atomic mass is 35.5. The number of halogens is 4. The van der Waals surface area contributed by atoms with Crippen LogP contribution in [-0.4, -0.2) is 14.0 Å². The summed E-state index contributed by atoms with van der Waals surface area (Å²) in [6.45, 7) is 5.91. The van der Waals surface area contributed by atoms with Gasteiger partial charge in [0, 0.05) is 0 Å². The van der Waals surface area contributed by atoms with Crippen LogP contribution in [0.15, 0.2) is 36.4 Å². The first-order chi connectivity index (χ1) is 12.7. The third-order valence-corrected chi connectivity index (χ3v) is 5.03. The molecule has 4 rings (SSSR count). The maximum atomic E-state index is 13.6. The summed E-state index contributed by atoms with van der Waals surface area (Å²) in [4.78, 5) is 3.99. The van der Waals surface area contributed by atoms with Gasteiger partial charge >= 0.3 is 6.18 Å². The first kappa shape index (κ1) is 17.9. The number of hydrogen-bond donors (Lipinski definition) is 0. The summed E-state index contributed by atoms with van der Waals surface area (Å²) in [5, 5.41) is 0. The molecule has 0 N–H and O–H groups in total. The molecule has 0 atom stereocenters. The molecule has 2 aromatic heterocycles. The monoisotopic (exact) mass is 391 g/mol. The zero-order valence-corrected chi connectivity index (χ0v) is 15.8. The van der Waals surface area contributed by atoms with Crippen LogP contribution < -0.4 is 0 Å². The summed E-state index contributed by atoms with van der Waals surface area (Å²) < 4.78 is 44.0. The van der Waals surface area contributed by atoms with Crippen molar-refractivity contribution in [2.45, 2.75) is 32.8 Å². The van der Waals surface area contributed by atoms with E-state index < -0.39 is 11.9 Å². The molecule has 140 valence electrons. The minimum absolute atomic E-state index is 0.0449. The molecule has 3 nitrogen and oxygen atoms in total. The van der Waals surface area contributed by atoms with Gasteiger partial charge in [0.1, 0.15) is 0 Å². The summed E-state index contributed by atoms with van der Waals surface area (Å²) in [5.41, 5.74) is 4.33. The molecule has 0 aliphatic heterocycles. The first-order valence-electron chi connectivity index (χ1n) is 8.46. The Morgan fingerprint density at radius 1 is 1.00 bits per heavy atom. The molecule has 27 heavy (non-hydrogen) atoms. The van der Waals surface area contributed by atoms with E-state index in [0.717, 1.165) is 27.9 Å². The Balaban J connectivity index is 2.23. The van der Waals surface area contributed by atoms with E-state index in [1.165, 1.54) is 4.40 Å². The second-order valence-corrected chi connectivity index (χ2v) is 7.01. The minimum atomic E-state index is -4.57. The molecule has 2 heterocycles. The van der Waals surface area contributed by atoms with Gasteiger partial charge in [0.25, 0.3) is 0 Å². The fraction of sp³-hybridized carbons (Fsp3) is 0.250. The van der Waals surface area contributed by atoms with Crippen molar-refractivity contribution < 1.29 is 13.2 Å². The third kappa shape index (κ3) is 2.62. The second kappa shape index (κ2) is 6.02. The predicted octanol–water partition coefficient (Wildman–Crippen LogP) is 5.96. The Morgan fingerprint density at radius 2 is 1.59 bits per heavy atom. The number of benzene rings is 2. The largest absolute Gasteiger partial charge is 0.435 e. The van der Waals surface area contributed by atoms with Gasteiger partial charge in [0.05, 0.1) is 28.3 Å². The van der Waals surface area contributed by atoms with Crippen LogP contribution in [0.2, 0.25) is 0 Å². The maximum absolute atomic E-state index is 13.6. The van der Waals surface area contributed by atoms with Crippen molar-refractivity contribution in [1.29, 1.82) is 0 Å². The number of para-hydroxylation sites is 2. The molecule has 0 aliphatic rings. The lowest BCUT2D eigenvalue weighted by Gasteiger charge is -2.14. The highest BCUT2D eigenvalue weighted by Crippen LogP contribution is 2.37. The number of aromatic nitrogens is 3. The van der Waals surface area contributed by atoms with E-state index >= 15 is 0 Å². The fourth-order valence-corrected chi connectivity index (χ4v) is 4.14. The van der Waals surface area contributed by atoms with Gasteiger partial charge in [-0.05, 0) is 44.0 Å². The lowest BCUT2D eigenvalue weighted by Crippen LogP contribution is -2.09. The number of imidazole rings is 2.